The van der Waals surface area contributed by atoms with Gasteiger partial charge in [0.25, 0.3) is 0 Å². The van der Waals surface area contributed by atoms with Crippen LogP contribution in [-0.4, -0.2) is 23.9 Å². The summed E-state index contributed by atoms with van der Waals surface area (Å²) in [6.45, 7) is 0. The summed E-state index contributed by atoms with van der Waals surface area (Å²) in [6.07, 6.45) is -0.0520. The minimum Gasteiger partial charge on any atom is -0.497 e. The van der Waals surface area contributed by atoms with Gasteiger partial charge in [0.15, 0.2) is 11.8 Å². The number of carboxylic acids is 1. The molecule has 0 saturated heterocycles. The molecule has 2 rings (SSSR count). The van der Waals surface area contributed by atoms with Crippen molar-refractivity contribution in [2.24, 2.45) is 5.16 Å². The molecule has 16 heavy (non-hydrogen) atoms. The smallest absolute Gasteiger partial charge is 0.353 e. The number of hydrogen-bond acceptors (Lipinski definition) is 4. The van der Waals surface area contributed by atoms with Crippen LogP contribution in [0.3, 0.4) is 0 Å². The van der Waals surface area contributed by atoms with Gasteiger partial charge >= 0.3 is 5.97 Å². The van der Waals surface area contributed by atoms with Crippen molar-refractivity contribution in [3.8, 4) is 5.75 Å². The molecule has 0 amide bonds. The lowest BCUT2D eigenvalue weighted by Gasteiger charge is -2.09. The van der Waals surface area contributed by atoms with Gasteiger partial charge in [-0.2, -0.15) is 0 Å². The van der Waals surface area contributed by atoms with Gasteiger partial charge in [-0.15, -0.1) is 0 Å². The molecule has 0 aliphatic carbocycles. The van der Waals surface area contributed by atoms with Crippen LogP contribution in [0.1, 0.15) is 18.1 Å². The van der Waals surface area contributed by atoms with Crippen LogP contribution in [-0.2, 0) is 9.63 Å². The van der Waals surface area contributed by atoms with E-state index in [1.807, 2.05) is 24.3 Å². The Morgan fingerprint density at radius 3 is 3.06 bits per heavy atom. The molecule has 1 unspecified atom stereocenters. The second kappa shape index (κ2) is 4.22. The van der Waals surface area contributed by atoms with Gasteiger partial charge in [0, 0.05) is 6.42 Å². The molecule has 1 aromatic rings. The van der Waals surface area contributed by atoms with Crippen LogP contribution in [0.25, 0.3) is 0 Å². The van der Waals surface area contributed by atoms with E-state index < -0.39 is 5.97 Å². The maximum absolute atomic E-state index is 10.7. The average Bonchev–Trinajstić information content (AvgIpc) is 2.78. The molecule has 1 N–H and O–H groups in total. The highest BCUT2D eigenvalue weighted by Crippen LogP contribution is 2.29. The second-order valence-corrected chi connectivity index (χ2v) is 3.42. The van der Waals surface area contributed by atoms with Crippen LogP contribution in [0, 0.1) is 0 Å². The number of carboxylic acid groups (broad SMARTS) is 1. The summed E-state index contributed by atoms with van der Waals surface area (Å²) in [7, 11) is 1.58. The molecule has 0 saturated carbocycles. The Labute approximate surface area is 92.3 Å². The van der Waals surface area contributed by atoms with E-state index in [0.29, 0.717) is 5.75 Å². The third-order valence-electron chi connectivity index (χ3n) is 2.38. The lowest BCUT2D eigenvalue weighted by Crippen LogP contribution is -2.11. The highest BCUT2D eigenvalue weighted by molar-refractivity contribution is 6.35. The summed E-state index contributed by atoms with van der Waals surface area (Å²) >= 11 is 0. The number of oxime groups is 1. The Kier molecular flexibility index (Phi) is 2.76. The molecule has 5 nitrogen and oxygen atoms in total. The van der Waals surface area contributed by atoms with Crippen LogP contribution in [0.5, 0.6) is 5.75 Å². The lowest BCUT2D eigenvalue weighted by atomic mass is 10.0. The third-order valence-corrected chi connectivity index (χ3v) is 2.38. The van der Waals surface area contributed by atoms with Crippen molar-refractivity contribution in [2.45, 2.75) is 12.5 Å². The van der Waals surface area contributed by atoms with E-state index in [1.165, 1.54) is 0 Å². The van der Waals surface area contributed by atoms with Gasteiger partial charge in [-0.25, -0.2) is 4.79 Å². The van der Waals surface area contributed by atoms with E-state index in [-0.39, 0.29) is 18.2 Å². The van der Waals surface area contributed by atoms with Crippen LogP contribution < -0.4 is 4.74 Å². The number of nitrogens with zero attached hydrogens (tertiary/aromatic N) is 1. The Morgan fingerprint density at radius 2 is 2.44 bits per heavy atom. The van der Waals surface area contributed by atoms with Crippen molar-refractivity contribution in [1.82, 2.24) is 0 Å². The van der Waals surface area contributed by atoms with Gasteiger partial charge in [-0.3, -0.25) is 0 Å². The maximum Gasteiger partial charge on any atom is 0.353 e. The van der Waals surface area contributed by atoms with Crippen molar-refractivity contribution in [3.63, 3.8) is 0 Å². The molecule has 0 spiro atoms. The summed E-state index contributed by atoms with van der Waals surface area (Å²) in [4.78, 5) is 15.7. The predicted molar refractivity (Wildman–Crippen MR) is 56.5 cm³/mol. The fourth-order valence-electron chi connectivity index (χ4n) is 1.52. The first-order valence-corrected chi connectivity index (χ1v) is 4.80. The molecule has 1 aliphatic heterocycles. The zero-order valence-electron chi connectivity index (χ0n) is 8.71. The zero-order valence-corrected chi connectivity index (χ0v) is 8.71. The molecule has 0 aromatic heterocycles. The van der Waals surface area contributed by atoms with E-state index in [0.717, 1.165) is 5.56 Å². The maximum atomic E-state index is 10.7. The van der Waals surface area contributed by atoms with E-state index >= 15 is 0 Å². The standard InChI is InChI=1S/C11H11NO4/c1-15-8-4-2-3-7(5-8)10-6-9(11(13)14)12-16-10/h2-5,10H,6H2,1H3,(H,13,14). The van der Waals surface area contributed by atoms with Gasteiger partial charge < -0.3 is 14.7 Å². The van der Waals surface area contributed by atoms with Crippen molar-refractivity contribution < 1.29 is 19.5 Å². The number of carbonyl (C=O) groups is 1. The summed E-state index contributed by atoms with van der Waals surface area (Å²) in [5.41, 5.74) is 0.909. The van der Waals surface area contributed by atoms with E-state index in [4.69, 9.17) is 14.7 Å². The molecule has 1 heterocycles. The fourth-order valence-corrected chi connectivity index (χ4v) is 1.52. The summed E-state index contributed by atoms with van der Waals surface area (Å²) < 4.78 is 5.08. The van der Waals surface area contributed by atoms with Crippen LogP contribution in [0.2, 0.25) is 0 Å². The zero-order chi connectivity index (χ0) is 11.5. The van der Waals surface area contributed by atoms with Gasteiger partial charge in [0.2, 0.25) is 0 Å². The first-order chi connectivity index (χ1) is 7.70. The van der Waals surface area contributed by atoms with Gasteiger partial charge in [-0.1, -0.05) is 17.3 Å². The molecular formula is C11H11NO4. The van der Waals surface area contributed by atoms with E-state index in [1.54, 1.807) is 7.11 Å². The number of methoxy groups -OCH3 is 1. The SMILES string of the molecule is COc1cccc(C2CC(C(=O)O)=NO2)c1. The van der Waals surface area contributed by atoms with Crippen molar-refractivity contribution in [2.75, 3.05) is 7.11 Å². The van der Waals surface area contributed by atoms with Gasteiger partial charge in [0.05, 0.1) is 7.11 Å². The van der Waals surface area contributed by atoms with Crippen molar-refractivity contribution >= 4 is 11.7 Å². The number of ether oxygens (including phenoxy) is 1. The fraction of sp³-hybridized carbons (Fsp3) is 0.273. The third kappa shape index (κ3) is 1.98. The Bertz CT molecular complexity index is 441. The molecule has 0 radical (unpaired) electrons. The van der Waals surface area contributed by atoms with Crippen LogP contribution in [0.15, 0.2) is 29.4 Å². The monoisotopic (exact) mass is 221 g/mol. The summed E-state index contributed by atoms with van der Waals surface area (Å²) in [6, 6.07) is 7.31. The Morgan fingerprint density at radius 1 is 1.62 bits per heavy atom. The van der Waals surface area contributed by atoms with Crippen molar-refractivity contribution in [3.05, 3.63) is 29.8 Å². The summed E-state index contributed by atoms with van der Waals surface area (Å²) in [5.74, 6) is -0.324. The van der Waals surface area contributed by atoms with Gasteiger partial charge in [-0.05, 0) is 17.7 Å². The van der Waals surface area contributed by atoms with Crippen LogP contribution in [0.4, 0.5) is 0 Å². The lowest BCUT2D eigenvalue weighted by molar-refractivity contribution is -0.129. The van der Waals surface area contributed by atoms with E-state index in [2.05, 4.69) is 5.16 Å². The largest absolute Gasteiger partial charge is 0.497 e. The number of hydrogen-bond donors (Lipinski definition) is 1. The topological polar surface area (TPSA) is 68.1 Å². The van der Waals surface area contributed by atoms with Gasteiger partial charge in [0.1, 0.15) is 5.75 Å². The summed E-state index contributed by atoms with van der Waals surface area (Å²) in [5, 5.41) is 12.3. The van der Waals surface area contributed by atoms with Crippen molar-refractivity contribution in [1.29, 1.82) is 0 Å². The average molecular weight is 221 g/mol. The number of rotatable bonds is 3. The normalized spacial score (nSPS) is 18.8. The molecule has 1 aromatic carbocycles. The molecular weight excluding hydrogens is 210 g/mol. The highest BCUT2D eigenvalue weighted by Gasteiger charge is 2.27. The quantitative estimate of drug-likeness (QED) is 0.841. The van der Waals surface area contributed by atoms with Crippen LogP contribution >= 0.6 is 0 Å². The second-order valence-electron chi connectivity index (χ2n) is 3.42. The Hall–Kier alpha value is -2.04. The minimum absolute atomic E-state index is 0.0489. The molecule has 84 valence electrons. The Balaban J connectivity index is 2.13. The highest BCUT2D eigenvalue weighted by atomic mass is 16.6. The number of aliphatic carboxylic acids is 1. The molecule has 0 fully saturated rings. The number of benzene rings is 1. The first-order valence-electron chi connectivity index (χ1n) is 4.80. The minimum atomic E-state index is -1.04. The molecule has 1 atom stereocenters. The van der Waals surface area contributed by atoms with E-state index in [9.17, 15) is 4.79 Å². The predicted octanol–water partition coefficient (Wildman–Crippen LogP) is 1.60. The first kappa shape index (κ1) is 10.5. The molecule has 5 heteroatoms. The molecule has 1 aliphatic rings. The molecule has 0 bridgehead atoms.